The smallest absolute Gasteiger partial charge is 0.286 e. The van der Waals surface area contributed by atoms with Gasteiger partial charge in [-0.15, -0.1) is 0 Å². The van der Waals surface area contributed by atoms with Crippen LogP contribution in [0.3, 0.4) is 0 Å². The van der Waals surface area contributed by atoms with Gasteiger partial charge in [-0.1, -0.05) is 47.5 Å². The van der Waals surface area contributed by atoms with Crippen LogP contribution < -0.4 is 10.9 Å². The van der Waals surface area contributed by atoms with E-state index in [1.165, 1.54) is 0 Å². The van der Waals surface area contributed by atoms with E-state index in [-0.39, 0.29) is 5.91 Å². The second-order valence-electron chi connectivity index (χ2n) is 4.96. The molecule has 0 radical (unpaired) electrons. The maximum Gasteiger partial charge on any atom is 0.286 e. The monoisotopic (exact) mass is 348 g/mol. The minimum absolute atomic E-state index is 0.287. The summed E-state index contributed by atoms with van der Waals surface area (Å²) in [7, 11) is 1.63. The van der Waals surface area contributed by atoms with Crippen LogP contribution in [0.5, 0.6) is 0 Å². The van der Waals surface area contributed by atoms with E-state index in [0.29, 0.717) is 22.3 Å². The molecule has 2 N–H and O–H groups in total. The summed E-state index contributed by atoms with van der Waals surface area (Å²) in [5, 5.41) is 6.37. The predicted octanol–water partition coefficient (Wildman–Crippen LogP) is 3.26. The Bertz CT molecular complexity index is 876. The Morgan fingerprint density at radius 3 is 2.74 bits per heavy atom. The van der Waals surface area contributed by atoms with Crippen LogP contribution in [0.15, 0.2) is 42.5 Å². The number of hydrazine groups is 1. The third kappa shape index (κ3) is 3.17. The maximum absolute atomic E-state index is 12.1. The molecule has 0 spiro atoms. The highest BCUT2D eigenvalue weighted by molar-refractivity contribution is 6.35. The molecule has 1 heterocycles. The fourth-order valence-corrected chi connectivity index (χ4v) is 2.87. The van der Waals surface area contributed by atoms with Crippen molar-refractivity contribution in [3.63, 3.8) is 0 Å². The molecular weight excluding hydrogens is 335 g/mol. The molecule has 0 aliphatic heterocycles. The van der Waals surface area contributed by atoms with Crippen LogP contribution in [0.1, 0.15) is 16.1 Å². The number of nitrogens with zero attached hydrogens (tertiary/aromatic N) is 2. The predicted molar refractivity (Wildman–Crippen MR) is 91.8 cm³/mol. The van der Waals surface area contributed by atoms with Gasteiger partial charge in [0.1, 0.15) is 0 Å². The summed E-state index contributed by atoms with van der Waals surface area (Å²) in [6.07, 6.45) is 0. The van der Waals surface area contributed by atoms with E-state index in [1.807, 2.05) is 30.3 Å². The number of carbonyl (C=O) groups excluding carboxylic acids is 1. The van der Waals surface area contributed by atoms with Gasteiger partial charge in [-0.25, -0.2) is 5.43 Å². The number of aromatic nitrogens is 2. The lowest BCUT2D eigenvalue weighted by Crippen LogP contribution is -2.34. The third-order valence-electron chi connectivity index (χ3n) is 3.45. The lowest BCUT2D eigenvalue weighted by atomic mass is 10.2. The highest BCUT2D eigenvalue weighted by Gasteiger charge is 2.17. The average Bonchev–Trinajstić information content (AvgIpc) is 2.89. The number of rotatable bonds is 4. The zero-order valence-electron chi connectivity index (χ0n) is 12.3. The van der Waals surface area contributed by atoms with Crippen molar-refractivity contribution >= 4 is 40.0 Å². The summed E-state index contributed by atoms with van der Waals surface area (Å²) in [6, 6.07) is 12.9. The Kier molecular flexibility index (Phi) is 4.52. The second kappa shape index (κ2) is 6.58. The van der Waals surface area contributed by atoms with Crippen molar-refractivity contribution < 1.29 is 4.79 Å². The van der Waals surface area contributed by atoms with Crippen molar-refractivity contribution in [1.29, 1.82) is 0 Å². The zero-order valence-corrected chi connectivity index (χ0v) is 13.8. The van der Waals surface area contributed by atoms with Crippen LogP contribution in [0, 0.1) is 0 Å². The van der Waals surface area contributed by atoms with Gasteiger partial charge in [0.05, 0.1) is 12.1 Å². The molecule has 118 valence electrons. The van der Waals surface area contributed by atoms with Crippen molar-refractivity contribution in [2.24, 2.45) is 0 Å². The molecule has 5 nitrogen and oxygen atoms in total. The molecule has 23 heavy (non-hydrogen) atoms. The molecule has 3 rings (SSSR count). The van der Waals surface area contributed by atoms with E-state index in [4.69, 9.17) is 23.2 Å². The van der Waals surface area contributed by atoms with E-state index in [0.717, 1.165) is 16.5 Å². The number of nitrogens with one attached hydrogen (secondary N) is 2. The lowest BCUT2D eigenvalue weighted by molar-refractivity contribution is 0.0933. The van der Waals surface area contributed by atoms with Crippen LogP contribution in [-0.4, -0.2) is 22.7 Å². The Morgan fingerprint density at radius 1 is 1.22 bits per heavy atom. The number of amides is 1. The van der Waals surface area contributed by atoms with Crippen molar-refractivity contribution in [2.45, 2.75) is 6.54 Å². The second-order valence-corrected chi connectivity index (χ2v) is 5.81. The summed E-state index contributed by atoms with van der Waals surface area (Å²) < 4.78 is 1.76. The van der Waals surface area contributed by atoms with Crippen molar-refractivity contribution in [1.82, 2.24) is 20.6 Å². The van der Waals surface area contributed by atoms with E-state index in [2.05, 4.69) is 16.0 Å². The molecule has 0 saturated heterocycles. The Balaban J connectivity index is 2.05. The Hall–Kier alpha value is -2.08. The van der Waals surface area contributed by atoms with Gasteiger partial charge in [0, 0.05) is 22.5 Å². The van der Waals surface area contributed by atoms with E-state index in [9.17, 15) is 4.79 Å². The van der Waals surface area contributed by atoms with Gasteiger partial charge in [0.2, 0.25) is 0 Å². The molecule has 0 aliphatic carbocycles. The van der Waals surface area contributed by atoms with Crippen LogP contribution in [-0.2, 0) is 6.54 Å². The molecular formula is C16H14Cl2N4O. The number of para-hydroxylation sites is 1. The number of hydrogen-bond acceptors (Lipinski definition) is 3. The summed E-state index contributed by atoms with van der Waals surface area (Å²) in [4.78, 5) is 12.1. The van der Waals surface area contributed by atoms with Crippen LogP contribution in [0.2, 0.25) is 10.0 Å². The zero-order chi connectivity index (χ0) is 16.4. The molecule has 0 aliphatic rings. The minimum Gasteiger partial charge on any atom is -0.286 e. The van der Waals surface area contributed by atoms with Gasteiger partial charge >= 0.3 is 0 Å². The number of benzene rings is 2. The summed E-state index contributed by atoms with van der Waals surface area (Å²) in [5.41, 5.74) is 7.26. The summed E-state index contributed by atoms with van der Waals surface area (Å²) >= 11 is 12.2. The summed E-state index contributed by atoms with van der Waals surface area (Å²) in [6.45, 7) is 0.448. The molecule has 0 atom stereocenters. The maximum atomic E-state index is 12.1. The molecule has 7 heteroatoms. The number of carbonyl (C=O) groups is 1. The van der Waals surface area contributed by atoms with E-state index in [1.54, 1.807) is 23.9 Å². The van der Waals surface area contributed by atoms with E-state index >= 15 is 0 Å². The standard InChI is InChI=1S/C16H14Cl2N4O/c1-19-20-16(23)15-12-4-2-3-5-14(12)22(21-15)9-10-6-7-11(17)8-13(10)18/h2-8,19H,9H2,1H3,(H,20,23). The highest BCUT2D eigenvalue weighted by atomic mass is 35.5. The molecule has 0 fully saturated rings. The molecule has 0 saturated carbocycles. The van der Waals surface area contributed by atoms with Crippen LogP contribution in [0.4, 0.5) is 0 Å². The summed E-state index contributed by atoms with van der Waals surface area (Å²) in [5.74, 6) is -0.287. The van der Waals surface area contributed by atoms with Crippen molar-refractivity contribution in [3.8, 4) is 0 Å². The molecule has 3 aromatic rings. The van der Waals surface area contributed by atoms with Gasteiger partial charge in [-0.05, 0) is 23.8 Å². The van der Waals surface area contributed by atoms with Gasteiger partial charge < -0.3 is 0 Å². The van der Waals surface area contributed by atoms with E-state index < -0.39 is 0 Å². The lowest BCUT2D eigenvalue weighted by Gasteiger charge is -2.06. The number of halogens is 2. The first-order chi connectivity index (χ1) is 11.1. The molecule has 0 unspecified atom stereocenters. The molecule has 0 bridgehead atoms. The van der Waals surface area contributed by atoms with Gasteiger partial charge in [0.25, 0.3) is 5.91 Å². The number of hydrogen-bond donors (Lipinski definition) is 2. The quantitative estimate of drug-likeness (QED) is 0.711. The van der Waals surface area contributed by atoms with Gasteiger partial charge in [-0.3, -0.25) is 14.9 Å². The number of fused-ring (bicyclic) bond motifs is 1. The first-order valence-corrected chi connectivity index (χ1v) is 7.72. The largest absolute Gasteiger partial charge is 0.286 e. The highest BCUT2D eigenvalue weighted by Crippen LogP contribution is 2.24. The van der Waals surface area contributed by atoms with Gasteiger partial charge in [0.15, 0.2) is 5.69 Å². The molecule has 2 aromatic carbocycles. The van der Waals surface area contributed by atoms with Crippen molar-refractivity contribution in [3.05, 3.63) is 63.8 Å². The normalized spacial score (nSPS) is 10.9. The fourth-order valence-electron chi connectivity index (χ4n) is 2.40. The first kappa shape index (κ1) is 15.8. The third-order valence-corrected chi connectivity index (χ3v) is 4.03. The fraction of sp³-hybridized carbons (Fsp3) is 0.125. The SMILES string of the molecule is CNNC(=O)c1nn(Cc2ccc(Cl)cc2Cl)c2ccccc12. The first-order valence-electron chi connectivity index (χ1n) is 6.96. The molecule has 1 amide bonds. The molecule has 1 aromatic heterocycles. The van der Waals surface area contributed by atoms with Gasteiger partial charge in [-0.2, -0.15) is 5.10 Å². The van der Waals surface area contributed by atoms with Crippen LogP contribution in [0.25, 0.3) is 10.9 Å². The topological polar surface area (TPSA) is 58.9 Å². The average molecular weight is 349 g/mol. The van der Waals surface area contributed by atoms with Crippen LogP contribution >= 0.6 is 23.2 Å². The Morgan fingerprint density at radius 2 is 2.00 bits per heavy atom. The van der Waals surface area contributed by atoms with Crippen molar-refractivity contribution in [2.75, 3.05) is 7.05 Å². The Labute approximate surface area is 143 Å². The minimum atomic E-state index is -0.287.